The summed E-state index contributed by atoms with van der Waals surface area (Å²) < 4.78 is 13.8. The van der Waals surface area contributed by atoms with Gasteiger partial charge in [-0.05, 0) is 0 Å². The molecule has 4 heteroatoms. The van der Waals surface area contributed by atoms with Gasteiger partial charge in [-0.3, -0.25) is 4.68 Å². The second-order valence-corrected chi connectivity index (χ2v) is 3.72. The number of halogens is 2. The zero-order chi connectivity index (χ0) is 11.4. The van der Waals surface area contributed by atoms with Gasteiger partial charge in [-0.2, -0.15) is 5.10 Å². The van der Waals surface area contributed by atoms with Gasteiger partial charge >= 0.3 is 0 Å². The summed E-state index contributed by atoms with van der Waals surface area (Å²) in [7, 11) is 0. The van der Waals surface area contributed by atoms with Gasteiger partial charge in [0.2, 0.25) is 0 Å². The predicted molar refractivity (Wildman–Crippen MR) is 63.2 cm³/mol. The van der Waals surface area contributed by atoms with E-state index in [0.29, 0.717) is 5.88 Å². The van der Waals surface area contributed by atoms with Gasteiger partial charge in [0.25, 0.3) is 0 Å². The summed E-state index contributed by atoms with van der Waals surface area (Å²) in [6.45, 7) is -0.144. The number of aryl methyl sites for hydroxylation is 1. The van der Waals surface area contributed by atoms with Crippen molar-refractivity contribution in [3.63, 3.8) is 0 Å². The Morgan fingerprint density at radius 1 is 1.25 bits per heavy atom. The minimum Gasteiger partial charge on any atom is -0.269 e. The van der Waals surface area contributed by atoms with Crippen LogP contribution in [0.3, 0.4) is 0 Å². The first-order valence-corrected chi connectivity index (χ1v) is 5.62. The van der Waals surface area contributed by atoms with E-state index < -0.39 is 6.67 Å². The second-order valence-electron chi connectivity index (χ2n) is 3.45. The number of nitrogens with zero attached hydrogens (tertiary/aromatic N) is 2. The number of alkyl halides is 2. The van der Waals surface area contributed by atoms with E-state index in [-0.39, 0.29) is 6.54 Å². The number of hydrogen-bond donors (Lipinski definition) is 0. The van der Waals surface area contributed by atoms with Crippen molar-refractivity contribution in [1.82, 2.24) is 9.78 Å². The van der Waals surface area contributed by atoms with E-state index in [1.54, 1.807) is 10.9 Å². The van der Waals surface area contributed by atoms with Gasteiger partial charge in [-0.15, -0.1) is 11.6 Å². The molecule has 0 saturated heterocycles. The third kappa shape index (κ3) is 2.25. The fraction of sp³-hybridized carbons (Fsp3) is 0.250. The lowest BCUT2D eigenvalue weighted by Crippen LogP contribution is -1.99. The minimum absolute atomic E-state index is 0.275. The summed E-state index contributed by atoms with van der Waals surface area (Å²) in [6.07, 6.45) is 1.80. The largest absolute Gasteiger partial charge is 0.269 e. The summed E-state index contributed by atoms with van der Waals surface area (Å²) in [5.41, 5.74) is 2.78. The summed E-state index contributed by atoms with van der Waals surface area (Å²) >= 11 is 5.85. The summed E-state index contributed by atoms with van der Waals surface area (Å²) in [6, 6.07) is 9.78. The third-order valence-electron chi connectivity index (χ3n) is 2.34. The van der Waals surface area contributed by atoms with Crippen LogP contribution in [-0.4, -0.2) is 16.5 Å². The van der Waals surface area contributed by atoms with E-state index in [4.69, 9.17) is 11.6 Å². The molecule has 16 heavy (non-hydrogen) atoms. The van der Waals surface area contributed by atoms with Crippen molar-refractivity contribution in [2.24, 2.45) is 0 Å². The number of rotatable bonds is 4. The Morgan fingerprint density at radius 2 is 2.00 bits per heavy atom. The maximum absolute atomic E-state index is 12.2. The standard InChI is InChI=1S/C12H12ClFN2/c13-8-11-9-16(7-6-14)15-12(11)10-4-2-1-3-5-10/h1-5,9H,6-8H2. The van der Waals surface area contributed by atoms with E-state index in [2.05, 4.69) is 5.10 Å². The maximum atomic E-state index is 12.2. The normalized spacial score (nSPS) is 10.6. The fourth-order valence-corrected chi connectivity index (χ4v) is 1.80. The second kappa shape index (κ2) is 5.12. The van der Waals surface area contributed by atoms with Gasteiger partial charge in [0.1, 0.15) is 6.67 Å². The zero-order valence-corrected chi connectivity index (χ0v) is 9.49. The van der Waals surface area contributed by atoms with Crippen molar-refractivity contribution < 1.29 is 4.39 Å². The molecule has 0 spiro atoms. The van der Waals surface area contributed by atoms with Crippen molar-refractivity contribution in [2.75, 3.05) is 6.67 Å². The molecule has 2 rings (SSSR count). The molecule has 0 N–H and O–H groups in total. The molecule has 0 atom stereocenters. The minimum atomic E-state index is -0.419. The number of aromatic nitrogens is 2. The van der Waals surface area contributed by atoms with Crippen LogP contribution in [0, 0.1) is 0 Å². The Labute approximate surface area is 98.7 Å². The van der Waals surface area contributed by atoms with Crippen molar-refractivity contribution in [2.45, 2.75) is 12.4 Å². The van der Waals surface area contributed by atoms with Crippen LogP contribution in [0.4, 0.5) is 4.39 Å². The van der Waals surface area contributed by atoms with Gasteiger partial charge in [-0.1, -0.05) is 30.3 Å². The molecule has 0 fully saturated rings. The smallest absolute Gasteiger partial charge is 0.109 e. The molecule has 0 unspecified atom stereocenters. The molecule has 0 radical (unpaired) electrons. The first kappa shape index (κ1) is 11.1. The van der Waals surface area contributed by atoms with Crippen LogP contribution in [0.2, 0.25) is 0 Å². The lowest BCUT2D eigenvalue weighted by molar-refractivity contribution is 0.427. The lowest BCUT2D eigenvalue weighted by Gasteiger charge is -1.98. The van der Waals surface area contributed by atoms with Gasteiger partial charge in [0.15, 0.2) is 0 Å². The van der Waals surface area contributed by atoms with Gasteiger partial charge in [-0.25, -0.2) is 4.39 Å². The predicted octanol–water partition coefficient (Wildman–Crippen LogP) is 3.26. The highest BCUT2D eigenvalue weighted by Gasteiger charge is 2.09. The quantitative estimate of drug-likeness (QED) is 0.748. The molecule has 1 aromatic heterocycles. The molecule has 2 aromatic rings. The van der Waals surface area contributed by atoms with E-state index in [1.165, 1.54) is 0 Å². The van der Waals surface area contributed by atoms with Gasteiger partial charge in [0.05, 0.1) is 18.1 Å². The van der Waals surface area contributed by atoms with Crippen molar-refractivity contribution in [1.29, 1.82) is 0 Å². The monoisotopic (exact) mass is 238 g/mol. The van der Waals surface area contributed by atoms with Crippen molar-refractivity contribution in [3.8, 4) is 11.3 Å². The molecule has 0 aliphatic heterocycles. The molecule has 1 heterocycles. The summed E-state index contributed by atoms with van der Waals surface area (Å²) in [5, 5.41) is 4.33. The molecule has 0 aliphatic rings. The van der Waals surface area contributed by atoms with Crippen LogP contribution < -0.4 is 0 Å². The lowest BCUT2D eigenvalue weighted by atomic mass is 10.1. The summed E-state index contributed by atoms with van der Waals surface area (Å²) in [5.74, 6) is 0.385. The first-order chi connectivity index (χ1) is 7.85. The molecular weight excluding hydrogens is 227 g/mol. The van der Waals surface area contributed by atoms with E-state index in [0.717, 1.165) is 16.8 Å². The number of hydrogen-bond acceptors (Lipinski definition) is 1. The van der Waals surface area contributed by atoms with Crippen LogP contribution in [-0.2, 0) is 12.4 Å². The fourth-order valence-electron chi connectivity index (χ4n) is 1.60. The molecule has 0 aliphatic carbocycles. The molecule has 84 valence electrons. The van der Waals surface area contributed by atoms with E-state index >= 15 is 0 Å². The Bertz CT molecular complexity index is 453. The Hall–Kier alpha value is -1.35. The van der Waals surface area contributed by atoms with Gasteiger partial charge < -0.3 is 0 Å². The molecule has 0 amide bonds. The van der Waals surface area contributed by atoms with Crippen LogP contribution >= 0.6 is 11.6 Å². The van der Waals surface area contributed by atoms with Crippen LogP contribution in [0.5, 0.6) is 0 Å². The maximum Gasteiger partial charge on any atom is 0.109 e. The molecular formula is C12H12ClFN2. The average molecular weight is 239 g/mol. The Kier molecular flexibility index (Phi) is 3.57. The van der Waals surface area contributed by atoms with Gasteiger partial charge in [0, 0.05) is 17.3 Å². The van der Waals surface area contributed by atoms with Crippen molar-refractivity contribution >= 4 is 11.6 Å². The SMILES string of the molecule is FCCn1cc(CCl)c(-c2ccccc2)n1. The summed E-state index contributed by atoms with van der Waals surface area (Å²) in [4.78, 5) is 0. The highest BCUT2D eigenvalue weighted by atomic mass is 35.5. The Balaban J connectivity index is 2.39. The topological polar surface area (TPSA) is 17.8 Å². The molecule has 1 aromatic carbocycles. The zero-order valence-electron chi connectivity index (χ0n) is 8.74. The number of benzene rings is 1. The van der Waals surface area contributed by atoms with E-state index in [9.17, 15) is 4.39 Å². The molecule has 2 nitrogen and oxygen atoms in total. The molecule has 0 saturated carbocycles. The van der Waals surface area contributed by atoms with Crippen LogP contribution in [0.25, 0.3) is 11.3 Å². The highest BCUT2D eigenvalue weighted by Crippen LogP contribution is 2.22. The third-order valence-corrected chi connectivity index (χ3v) is 2.63. The van der Waals surface area contributed by atoms with Crippen molar-refractivity contribution in [3.05, 3.63) is 42.1 Å². The average Bonchev–Trinajstić information content (AvgIpc) is 2.74. The Morgan fingerprint density at radius 3 is 2.62 bits per heavy atom. The van der Waals surface area contributed by atoms with Crippen LogP contribution in [0.15, 0.2) is 36.5 Å². The van der Waals surface area contributed by atoms with Crippen LogP contribution in [0.1, 0.15) is 5.56 Å². The van der Waals surface area contributed by atoms with E-state index in [1.807, 2.05) is 30.3 Å². The first-order valence-electron chi connectivity index (χ1n) is 5.09. The highest BCUT2D eigenvalue weighted by molar-refractivity contribution is 6.17. The molecule has 0 bridgehead atoms.